The normalized spacial score (nSPS) is 16.7. The average molecular weight is 448 g/mol. The number of rotatable bonds is 4. The SMILES string of the molecule is CCOC(=O)N1CCC(NS(=O)(=O)c2cc(C(F)(F)F)cc(C(F)(F)F)c2)CC1. The van der Waals surface area contributed by atoms with Crippen LogP contribution in [0.5, 0.6) is 0 Å². The number of likely N-dealkylation sites (tertiary alicyclic amines) is 1. The molecule has 13 heteroatoms. The number of alkyl halides is 6. The van der Waals surface area contributed by atoms with E-state index < -0.39 is 50.5 Å². The summed E-state index contributed by atoms with van der Waals surface area (Å²) in [5, 5.41) is 0. The number of benzene rings is 1. The minimum Gasteiger partial charge on any atom is -0.450 e. The van der Waals surface area contributed by atoms with Gasteiger partial charge in [-0.3, -0.25) is 0 Å². The summed E-state index contributed by atoms with van der Waals surface area (Å²) in [5.74, 6) is 0. The molecule has 0 spiro atoms. The van der Waals surface area contributed by atoms with Crippen molar-refractivity contribution in [2.24, 2.45) is 0 Å². The van der Waals surface area contributed by atoms with E-state index in [0.717, 1.165) is 0 Å². The summed E-state index contributed by atoms with van der Waals surface area (Å²) in [6, 6.07) is -0.581. The Balaban J connectivity index is 2.22. The van der Waals surface area contributed by atoms with Crippen molar-refractivity contribution >= 4 is 16.1 Å². The number of halogens is 6. The molecule has 6 nitrogen and oxygen atoms in total. The molecule has 2 rings (SSSR count). The Kier molecular flexibility index (Phi) is 6.72. The van der Waals surface area contributed by atoms with Crippen LogP contribution in [-0.2, 0) is 27.1 Å². The number of piperidine rings is 1. The fourth-order valence-corrected chi connectivity index (χ4v) is 4.14. The van der Waals surface area contributed by atoms with E-state index >= 15 is 0 Å². The number of hydrogen-bond donors (Lipinski definition) is 1. The van der Waals surface area contributed by atoms with Crippen molar-refractivity contribution in [1.82, 2.24) is 9.62 Å². The third kappa shape index (κ3) is 5.98. The van der Waals surface area contributed by atoms with Crippen LogP contribution in [0.2, 0.25) is 0 Å². The minimum absolute atomic E-state index is 0.127. The van der Waals surface area contributed by atoms with Gasteiger partial charge in [-0.1, -0.05) is 0 Å². The molecule has 1 heterocycles. The Morgan fingerprint density at radius 3 is 1.97 bits per heavy atom. The second kappa shape index (κ2) is 8.38. The zero-order valence-corrected chi connectivity index (χ0v) is 15.9. The van der Waals surface area contributed by atoms with Gasteiger partial charge in [-0.25, -0.2) is 17.9 Å². The topological polar surface area (TPSA) is 75.7 Å². The van der Waals surface area contributed by atoms with Gasteiger partial charge in [-0.05, 0) is 38.0 Å². The predicted octanol–water partition coefficient (Wildman–Crippen LogP) is 3.62. The second-order valence-corrected chi connectivity index (χ2v) is 8.04. The molecule has 29 heavy (non-hydrogen) atoms. The predicted molar refractivity (Wildman–Crippen MR) is 88.4 cm³/mol. The highest BCUT2D eigenvalue weighted by molar-refractivity contribution is 7.89. The number of hydrogen-bond acceptors (Lipinski definition) is 4. The van der Waals surface area contributed by atoms with Crippen molar-refractivity contribution in [2.45, 2.75) is 43.1 Å². The van der Waals surface area contributed by atoms with E-state index in [1.807, 2.05) is 0 Å². The number of nitrogens with one attached hydrogen (secondary N) is 1. The molecule has 0 aliphatic carbocycles. The lowest BCUT2D eigenvalue weighted by Gasteiger charge is -2.31. The molecule has 0 atom stereocenters. The Morgan fingerprint density at radius 2 is 1.55 bits per heavy atom. The third-order valence-corrected chi connectivity index (χ3v) is 5.71. The van der Waals surface area contributed by atoms with E-state index in [4.69, 9.17) is 4.74 Å². The molecule has 0 bridgehead atoms. The molecular weight excluding hydrogens is 430 g/mol. The summed E-state index contributed by atoms with van der Waals surface area (Å²) in [6.45, 7) is 2.02. The number of sulfonamides is 1. The number of carbonyl (C=O) groups excluding carboxylic acids is 1. The molecule has 1 saturated heterocycles. The van der Waals surface area contributed by atoms with Crippen molar-refractivity contribution in [3.05, 3.63) is 29.3 Å². The summed E-state index contributed by atoms with van der Waals surface area (Å²) in [7, 11) is -4.66. The quantitative estimate of drug-likeness (QED) is 0.714. The highest BCUT2D eigenvalue weighted by Gasteiger charge is 2.38. The lowest BCUT2D eigenvalue weighted by molar-refractivity contribution is -0.143. The van der Waals surface area contributed by atoms with E-state index in [1.54, 1.807) is 6.92 Å². The molecular formula is C16H18F6N2O4S. The van der Waals surface area contributed by atoms with Gasteiger partial charge in [0.15, 0.2) is 0 Å². The van der Waals surface area contributed by atoms with Crippen LogP contribution < -0.4 is 4.72 Å². The van der Waals surface area contributed by atoms with Crippen molar-refractivity contribution in [3.63, 3.8) is 0 Å². The summed E-state index contributed by atoms with van der Waals surface area (Å²) in [5.41, 5.74) is -3.44. The van der Waals surface area contributed by atoms with Crippen molar-refractivity contribution < 1.29 is 44.3 Å². The third-order valence-electron chi connectivity index (χ3n) is 4.21. The van der Waals surface area contributed by atoms with Crippen molar-refractivity contribution in [1.29, 1.82) is 0 Å². The Bertz CT molecular complexity index is 814. The summed E-state index contributed by atoms with van der Waals surface area (Å²) in [4.78, 5) is 11.8. The van der Waals surface area contributed by atoms with Gasteiger partial charge in [-0.15, -0.1) is 0 Å². The monoisotopic (exact) mass is 448 g/mol. The maximum Gasteiger partial charge on any atom is 0.416 e. The number of nitrogens with zero attached hydrogens (tertiary/aromatic N) is 1. The zero-order valence-electron chi connectivity index (χ0n) is 15.1. The van der Waals surface area contributed by atoms with Crippen molar-refractivity contribution in [3.8, 4) is 0 Å². The molecule has 164 valence electrons. The van der Waals surface area contributed by atoms with E-state index in [-0.39, 0.29) is 50.7 Å². The molecule has 0 saturated carbocycles. The van der Waals surface area contributed by atoms with Gasteiger partial charge in [0.2, 0.25) is 10.0 Å². The van der Waals surface area contributed by atoms with Crippen molar-refractivity contribution in [2.75, 3.05) is 19.7 Å². The van der Waals surface area contributed by atoms with Crippen LogP contribution >= 0.6 is 0 Å². The Labute approximate surface area is 162 Å². The smallest absolute Gasteiger partial charge is 0.416 e. The first-order valence-corrected chi connectivity index (χ1v) is 9.96. The van der Waals surface area contributed by atoms with Crippen LogP contribution in [0.1, 0.15) is 30.9 Å². The first-order chi connectivity index (χ1) is 13.2. The van der Waals surface area contributed by atoms with Gasteiger partial charge in [0, 0.05) is 19.1 Å². The summed E-state index contributed by atoms with van der Waals surface area (Å²) in [6.07, 6.45) is -10.6. The lowest BCUT2D eigenvalue weighted by Crippen LogP contribution is -2.46. The lowest BCUT2D eigenvalue weighted by atomic mass is 10.1. The molecule has 1 aliphatic rings. The second-order valence-electron chi connectivity index (χ2n) is 6.32. The van der Waals surface area contributed by atoms with Gasteiger partial charge in [-0.2, -0.15) is 26.3 Å². The minimum atomic E-state index is -5.16. The van der Waals surface area contributed by atoms with Crippen LogP contribution in [0.15, 0.2) is 23.1 Å². The van der Waals surface area contributed by atoms with Crippen LogP contribution in [0.3, 0.4) is 0 Å². The molecule has 1 aromatic carbocycles. The van der Waals surface area contributed by atoms with Gasteiger partial charge in [0.25, 0.3) is 0 Å². The standard InChI is InChI=1S/C16H18F6N2O4S/c1-2-28-14(25)24-5-3-12(4-6-24)23-29(26,27)13-8-10(15(17,18)19)7-11(9-13)16(20,21)22/h7-9,12,23H,2-6H2,1H3. The first kappa shape index (κ1) is 23.3. The van der Waals surface area contributed by atoms with Crippen LogP contribution in [-0.4, -0.2) is 45.1 Å². The summed E-state index contributed by atoms with van der Waals surface area (Å²) >= 11 is 0. The maximum absolute atomic E-state index is 12.9. The molecule has 1 amide bonds. The first-order valence-electron chi connectivity index (χ1n) is 8.47. The van der Waals surface area contributed by atoms with Crippen LogP contribution in [0.25, 0.3) is 0 Å². The molecule has 0 unspecified atom stereocenters. The van der Waals surface area contributed by atoms with E-state index in [0.29, 0.717) is 0 Å². The van der Waals surface area contributed by atoms with E-state index in [2.05, 4.69) is 4.72 Å². The Morgan fingerprint density at radius 1 is 1.07 bits per heavy atom. The summed E-state index contributed by atoms with van der Waals surface area (Å²) < 4.78 is 109. The van der Waals surface area contributed by atoms with E-state index in [1.165, 1.54) is 4.90 Å². The van der Waals surface area contributed by atoms with Crippen LogP contribution in [0, 0.1) is 0 Å². The zero-order chi connectivity index (χ0) is 22.0. The van der Waals surface area contributed by atoms with Gasteiger partial charge in [0.1, 0.15) is 0 Å². The molecule has 1 fully saturated rings. The average Bonchev–Trinajstić information content (AvgIpc) is 2.60. The molecule has 1 N–H and O–H groups in total. The van der Waals surface area contributed by atoms with Crippen LogP contribution in [0.4, 0.5) is 31.1 Å². The highest BCUT2D eigenvalue weighted by Crippen LogP contribution is 2.37. The molecule has 0 aromatic heterocycles. The van der Waals surface area contributed by atoms with Gasteiger partial charge >= 0.3 is 18.4 Å². The Hall–Kier alpha value is -2.02. The molecule has 1 aliphatic heterocycles. The molecule has 1 aromatic rings. The number of amides is 1. The fourth-order valence-electron chi connectivity index (χ4n) is 2.76. The largest absolute Gasteiger partial charge is 0.450 e. The highest BCUT2D eigenvalue weighted by atomic mass is 32.2. The number of ether oxygens (including phenoxy) is 1. The van der Waals surface area contributed by atoms with Gasteiger partial charge < -0.3 is 9.64 Å². The fraction of sp³-hybridized carbons (Fsp3) is 0.562. The number of carbonyl (C=O) groups is 1. The van der Waals surface area contributed by atoms with E-state index in [9.17, 15) is 39.6 Å². The molecule has 0 radical (unpaired) electrons. The maximum atomic E-state index is 12.9. The van der Waals surface area contributed by atoms with Gasteiger partial charge in [0.05, 0.1) is 22.6 Å².